The Labute approximate surface area is 130 Å². The zero-order valence-electron chi connectivity index (χ0n) is 12.8. The van der Waals surface area contributed by atoms with Crippen molar-refractivity contribution in [3.63, 3.8) is 0 Å². The predicted molar refractivity (Wildman–Crippen MR) is 87.7 cm³/mol. The van der Waals surface area contributed by atoms with Crippen LogP contribution >= 0.6 is 0 Å². The van der Waals surface area contributed by atoms with Crippen LogP contribution in [0.4, 0.5) is 5.69 Å². The first kappa shape index (κ1) is 15.6. The Balaban J connectivity index is 2.12. The van der Waals surface area contributed by atoms with Crippen LogP contribution in [0.15, 0.2) is 60.7 Å². The van der Waals surface area contributed by atoms with Gasteiger partial charge in [0, 0.05) is 5.69 Å². The zero-order valence-corrected chi connectivity index (χ0v) is 12.8. The highest BCUT2D eigenvalue weighted by molar-refractivity contribution is 6.06. The van der Waals surface area contributed by atoms with Gasteiger partial charge in [-0.15, -0.1) is 0 Å². The van der Waals surface area contributed by atoms with Gasteiger partial charge in [-0.05, 0) is 48.9 Å². The van der Waals surface area contributed by atoms with E-state index in [-0.39, 0.29) is 5.91 Å². The maximum Gasteiger partial charge on any atom is 0.259 e. The van der Waals surface area contributed by atoms with Crippen LogP contribution in [-0.4, -0.2) is 19.6 Å². The minimum atomic E-state index is -0.220. The molecule has 22 heavy (non-hydrogen) atoms. The lowest BCUT2D eigenvalue weighted by Crippen LogP contribution is -2.14. The number of anilines is 1. The molecule has 0 bridgehead atoms. The quantitative estimate of drug-likeness (QED) is 0.823. The largest absolute Gasteiger partial charge is 0.497 e. The summed E-state index contributed by atoms with van der Waals surface area (Å²) in [6.45, 7) is 6.05. The third-order valence-corrected chi connectivity index (χ3v) is 2.95. The fraction of sp³-hybridized carbons (Fsp3) is 0.167. The van der Waals surface area contributed by atoms with Crippen molar-refractivity contribution in [2.45, 2.75) is 6.92 Å². The summed E-state index contributed by atoms with van der Waals surface area (Å²) in [6.07, 6.45) is 0. The molecule has 0 saturated heterocycles. The molecule has 0 atom stereocenters. The SMILES string of the molecule is C=C(C)COc1ccccc1C(=O)Nc1ccc(OC)cc1. The van der Waals surface area contributed by atoms with Gasteiger partial charge in [-0.3, -0.25) is 4.79 Å². The average Bonchev–Trinajstić information content (AvgIpc) is 2.54. The molecule has 1 N–H and O–H groups in total. The molecule has 0 heterocycles. The highest BCUT2D eigenvalue weighted by atomic mass is 16.5. The number of hydrogen-bond donors (Lipinski definition) is 1. The van der Waals surface area contributed by atoms with E-state index >= 15 is 0 Å². The number of carbonyl (C=O) groups excluding carboxylic acids is 1. The number of methoxy groups -OCH3 is 1. The summed E-state index contributed by atoms with van der Waals surface area (Å²) >= 11 is 0. The van der Waals surface area contributed by atoms with Gasteiger partial charge in [0.2, 0.25) is 0 Å². The van der Waals surface area contributed by atoms with E-state index in [2.05, 4.69) is 11.9 Å². The van der Waals surface area contributed by atoms with Crippen molar-refractivity contribution in [1.82, 2.24) is 0 Å². The zero-order chi connectivity index (χ0) is 15.9. The van der Waals surface area contributed by atoms with E-state index in [0.29, 0.717) is 23.6 Å². The summed E-state index contributed by atoms with van der Waals surface area (Å²) in [4.78, 5) is 12.4. The molecule has 0 aromatic heterocycles. The van der Waals surface area contributed by atoms with Crippen molar-refractivity contribution in [3.05, 3.63) is 66.2 Å². The molecule has 0 saturated carbocycles. The smallest absolute Gasteiger partial charge is 0.259 e. The number of amides is 1. The van der Waals surface area contributed by atoms with Gasteiger partial charge in [-0.2, -0.15) is 0 Å². The molecule has 4 heteroatoms. The summed E-state index contributed by atoms with van der Waals surface area (Å²) < 4.78 is 10.7. The van der Waals surface area contributed by atoms with Gasteiger partial charge in [0.1, 0.15) is 18.1 Å². The molecular formula is C18H19NO3. The van der Waals surface area contributed by atoms with Crippen molar-refractivity contribution in [2.75, 3.05) is 19.0 Å². The highest BCUT2D eigenvalue weighted by Gasteiger charge is 2.12. The molecule has 0 unspecified atom stereocenters. The van der Waals surface area contributed by atoms with Gasteiger partial charge >= 0.3 is 0 Å². The lowest BCUT2D eigenvalue weighted by Gasteiger charge is -2.12. The maximum atomic E-state index is 12.4. The van der Waals surface area contributed by atoms with E-state index in [9.17, 15) is 4.79 Å². The molecule has 2 aromatic rings. The van der Waals surface area contributed by atoms with E-state index in [4.69, 9.17) is 9.47 Å². The normalized spacial score (nSPS) is 9.91. The number of hydrogen-bond acceptors (Lipinski definition) is 3. The third-order valence-electron chi connectivity index (χ3n) is 2.95. The number of benzene rings is 2. The minimum absolute atomic E-state index is 0.220. The summed E-state index contributed by atoms with van der Waals surface area (Å²) in [5.74, 6) is 1.06. The number of nitrogens with one attached hydrogen (secondary N) is 1. The first-order valence-electron chi connectivity index (χ1n) is 6.92. The van der Waals surface area contributed by atoms with Crippen LogP contribution in [-0.2, 0) is 0 Å². The molecule has 0 fully saturated rings. The second kappa shape index (κ2) is 7.31. The molecule has 0 radical (unpaired) electrons. The van der Waals surface area contributed by atoms with E-state index in [1.54, 1.807) is 49.6 Å². The van der Waals surface area contributed by atoms with Gasteiger partial charge in [0.15, 0.2) is 0 Å². The number of carbonyl (C=O) groups is 1. The van der Waals surface area contributed by atoms with Crippen molar-refractivity contribution >= 4 is 11.6 Å². The van der Waals surface area contributed by atoms with Gasteiger partial charge in [-0.25, -0.2) is 0 Å². The summed E-state index contributed by atoms with van der Waals surface area (Å²) in [5, 5.41) is 2.84. The van der Waals surface area contributed by atoms with Crippen molar-refractivity contribution in [1.29, 1.82) is 0 Å². The van der Waals surface area contributed by atoms with Crippen LogP contribution in [0.5, 0.6) is 11.5 Å². The van der Waals surface area contributed by atoms with Crippen molar-refractivity contribution in [3.8, 4) is 11.5 Å². The molecule has 0 aliphatic carbocycles. The first-order chi connectivity index (χ1) is 10.6. The molecule has 1 amide bonds. The maximum absolute atomic E-state index is 12.4. The van der Waals surface area contributed by atoms with Crippen molar-refractivity contribution in [2.24, 2.45) is 0 Å². The highest BCUT2D eigenvalue weighted by Crippen LogP contribution is 2.21. The van der Waals surface area contributed by atoms with E-state index in [1.807, 2.05) is 13.0 Å². The Hall–Kier alpha value is -2.75. The van der Waals surface area contributed by atoms with Crippen LogP contribution in [0.1, 0.15) is 17.3 Å². The fourth-order valence-electron chi connectivity index (χ4n) is 1.85. The number of para-hydroxylation sites is 1. The lowest BCUT2D eigenvalue weighted by atomic mass is 10.2. The van der Waals surface area contributed by atoms with E-state index < -0.39 is 0 Å². The Morgan fingerprint density at radius 1 is 1.14 bits per heavy atom. The molecule has 2 rings (SSSR count). The summed E-state index contributed by atoms with van der Waals surface area (Å²) in [5.41, 5.74) is 2.07. The Kier molecular flexibility index (Phi) is 5.20. The Morgan fingerprint density at radius 2 is 1.82 bits per heavy atom. The molecule has 0 aliphatic rings. The van der Waals surface area contributed by atoms with E-state index in [1.165, 1.54) is 0 Å². The van der Waals surface area contributed by atoms with Gasteiger partial charge in [-0.1, -0.05) is 18.7 Å². The van der Waals surface area contributed by atoms with Crippen LogP contribution in [0.25, 0.3) is 0 Å². The Morgan fingerprint density at radius 3 is 2.45 bits per heavy atom. The fourth-order valence-corrected chi connectivity index (χ4v) is 1.85. The number of rotatable bonds is 6. The Bertz CT molecular complexity index is 662. The van der Waals surface area contributed by atoms with Gasteiger partial charge in [0.05, 0.1) is 12.7 Å². The summed E-state index contributed by atoms with van der Waals surface area (Å²) in [6, 6.07) is 14.3. The monoisotopic (exact) mass is 297 g/mol. The minimum Gasteiger partial charge on any atom is -0.497 e. The second-order valence-corrected chi connectivity index (χ2v) is 4.92. The molecule has 4 nitrogen and oxygen atoms in total. The topological polar surface area (TPSA) is 47.6 Å². The predicted octanol–water partition coefficient (Wildman–Crippen LogP) is 3.90. The van der Waals surface area contributed by atoms with Crippen molar-refractivity contribution < 1.29 is 14.3 Å². The first-order valence-corrected chi connectivity index (χ1v) is 6.92. The van der Waals surface area contributed by atoms with Gasteiger partial charge < -0.3 is 14.8 Å². The molecule has 0 spiro atoms. The average molecular weight is 297 g/mol. The second-order valence-electron chi connectivity index (χ2n) is 4.92. The van der Waals surface area contributed by atoms with Crippen LogP contribution in [0.3, 0.4) is 0 Å². The third kappa shape index (κ3) is 4.12. The lowest BCUT2D eigenvalue weighted by molar-refractivity contribution is 0.102. The van der Waals surface area contributed by atoms with Crippen LogP contribution in [0.2, 0.25) is 0 Å². The van der Waals surface area contributed by atoms with Crippen LogP contribution < -0.4 is 14.8 Å². The summed E-state index contributed by atoms with van der Waals surface area (Å²) in [7, 11) is 1.60. The number of ether oxygens (including phenoxy) is 2. The molecular weight excluding hydrogens is 278 g/mol. The molecule has 114 valence electrons. The van der Waals surface area contributed by atoms with E-state index in [0.717, 1.165) is 11.3 Å². The molecule has 2 aromatic carbocycles. The molecule has 0 aliphatic heterocycles. The standard InChI is InChI=1S/C18H19NO3/c1-13(2)12-22-17-7-5-4-6-16(17)18(20)19-14-8-10-15(21-3)11-9-14/h4-11H,1,12H2,2-3H3,(H,19,20). The van der Waals surface area contributed by atoms with Crippen LogP contribution in [0, 0.1) is 0 Å². The van der Waals surface area contributed by atoms with Gasteiger partial charge in [0.25, 0.3) is 5.91 Å².